The number of hydrogen-bond acceptors (Lipinski definition) is 6. The molecule has 184 valence electrons. The lowest BCUT2D eigenvalue weighted by molar-refractivity contribution is -0.155. The number of fused-ring (bicyclic) bond motifs is 1. The Balaban J connectivity index is 1.77. The predicted octanol–water partition coefficient (Wildman–Crippen LogP) is 4.18. The van der Waals surface area contributed by atoms with E-state index in [1.165, 1.54) is 0 Å². The lowest BCUT2D eigenvalue weighted by Gasteiger charge is -2.22. The molecule has 1 aliphatic carbocycles. The zero-order chi connectivity index (χ0) is 25.5. The summed E-state index contributed by atoms with van der Waals surface area (Å²) in [6, 6.07) is 10.4. The Morgan fingerprint density at radius 1 is 1.20 bits per heavy atom. The molecule has 0 saturated heterocycles. The number of carbonyl (C=O) groups excluding carboxylic acids is 2. The van der Waals surface area contributed by atoms with Crippen LogP contribution in [0.15, 0.2) is 47.4 Å². The molecular weight excluding hydrogens is 468 g/mol. The second-order valence-corrected chi connectivity index (χ2v) is 10.2. The van der Waals surface area contributed by atoms with E-state index >= 15 is 0 Å². The van der Waals surface area contributed by atoms with Crippen LogP contribution in [0.4, 0.5) is 5.69 Å². The van der Waals surface area contributed by atoms with Crippen molar-refractivity contribution in [3.63, 3.8) is 0 Å². The van der Waals surface area contributed by atoms with Crippen LogP contribution in [0.25, 0.3) is 22.0 Å². The lowest BCUT2D eigenvalue weighted by atomic mass is 9.98. The Hall–Kier alpha value is -3.36. The zero-order valence-corrected chi connectivity index (χ0v) is 20.7. The number of nitrogens with two attached hydrogens (primary N) is 2. The van der Waals surface area contributed by atoms with Gasteiger partial charge < -0.3 is 26.1 Å². The average molecular weight is 497 g/mol. The van der Waals surface area contributed by atoms with Crippen molar-refractivity contribution in [3.8, 4) is 11.1 Å². The molecular formula is C26H29ClN4O4. The van der Waals surface area contributed by atoms with Gasteiger partial charge in [-0.2, -0.15) is 0 Å². The maximum Gasteiger partial charge on any atom is 0.309 e. The number of carbonyl (C=O) groups is 2. The van der Waals surface area contributed by atoms with Crippen LogP contribution in [0.1, 0.15) is 56.4 Å². The lowest BCUT2D eigenvalue weighted by Crippen LogP contribution is -2.35. The average Bonchev–Trinajstić information content (AvgIpc) is 3.59. The number of rotatable bonds is 7. The SMILES string of the molecule is CC(C)(C)OC(=O)CC(N)Nc1cc2c(=O)c(-c3ccccc3C(N)=O)cn(C3CC3)c2cc1Cl. The molecule has 35 heavy (non-hydrogen) atoms. The van der Waals surface area contributed by atoms with Crippen LogP contribution in [0, 0.1) is 0 Å². The van der Waals surface area contributed by atoms with Gasteiger partial charge in [0.25, 0.3) is 0 Å². The van der Waals surface area contributed by atoms with Gasteiger partial charge >= 0.3 is 5.97 Å². The summed E-state index contributed by atoms with van der Waals surface area (Å²) in [4.78, 5) is 37.8. The van der Waals surface area contributed by atoms with Crippen molar-refractivity contribution in [3.05, 3.63) is 63.4 Å². The number of benzene rings is 2. The minimum absolute atomic E-state index is 0.0794. The van der Waals surface area contributed by atoms with Crippen molar-refractivity contribution in [2.45, 2.75) is 57.8 Å². The van der Waals surface area contributed by atoms with Gasteiger partial charge in [-0.3, -0.25) is 14.4 Å². The van der Waals surface area contributed by atoms with E-state index in [-0.39, 0.29) is 23.5 Å². The highest BCUT2D eigenvalue weighted by Crippen LogP contribution is 2.39. The molecule has 9 heteroatoms. The first kappa shape index (κ1) is 24.8. The van der Waals surface area contributed by atoms with Crippen molar-refractivity contribution in [1.29, 1.82) is 0 Å². The van der Waals surface area contributed by atoms with Crippen molar-refractivity contribution in [2.24, 2.45) is 11.5 Å². The fourth-order valence-corrected chi connectivity index (χ4v) is 4.29. The van der Waals surface area contributed by atoms with Crippen LogP contribution in [-0.4, -0.2) is 28.2 Å². The molecule has 0 radical (unpaired) electrons. The molecule has 1 heterocycles. The number of pyridine rings is 1. The maximum atomic E-state index is 13.6. The van der Waals surface area contributed by atoms with Crippen molar-refractivity contribution >= 4 is 40.1 Å². The van der Waals surface area contributed by atoms with Gasteiger partial charge in [0.15, 0.2) is 5.43 Å². The Morgan fingerprint density at radius 3 is 2.51 bits per heavy atom. The molecule has 4 rings (SSSR count). The van der Waals surface area contributed by atoms with Crippen LogP contribution in [0.5, 0.6) is 0 Å². The van der Waals surface area contributed by atoms with E-state index in [4.69, 9.17) is 27.8 Å². The monoisotopic (exact) mass is 496 g/mol. The number of ether oxygens (including phenoxy) is 1. The molecule has 1 amide bonds. The third-order valence-corrected chi connectivity index (χ3v) is 6.00. The number of primary amides is 1. The second kappa shape index (κ2) is 9.36. The Morgan fingerprint density at radius 2 is 1.89 bits per heavy atom. The van der Waals surface area contributed by atoms with Crippen LogP contribution in [0.3, 0.4) is 0 Å². The van der Waals surface area contributed by atoms with Gasteiger partial charge in [0.2, 0.25) is 5.91 Å². The van der Waals surface area contributed by atoms with Gasteiger partial charge in [-0.25, -0.2) is 0 Å². The third-order valence-electron chi connectivity index (χ3n) is 5.69. The Kier molecular flexibility index (Phi) is 6.62. The molecule has 1 fully saturated rings. The summed E-state index contributed by atoms with van der Waals surface area (Å²) in [6.45, 7) is 5.34. The number of halogens is 1. The fourth-order valence-electron chi connectivity index (χ4n) is 4.07. The molecule has 5 N–H and O–H groups in total. The quantitative estimate of drug-likeness (QED) is 0.332. The molecule has 0 aliphatic heterocycles. The van der Waals surface area contributed by atoms with Gasteiger partial charge in [0.1, 0.15) is 5.60 Å². The molecule has 1 aliphatic rings. The smallest absolute Gasteiger partial charge is 0.309 e. The number of amides is 1. The van der Waals surface area contributed by atoms with Crippen LogP contribution in [0.2, 0.25) is 5.02 Å². The number of aromatic nitrogens is 1. The minimum Gasteiger partial charge on any atom is -0.460 e. The van der Waals surface area contributed by atoms with E-state index in [0.717, 1.165) is 12.8 Å². The topological polar surface area (TPSA) is 129 Å². The van der Waals surface area contributed by atoms with E-state index in [2.05, 4.69) is 5.32 Å². The van der Waals surface area contributed by atoms with Gasteiger partial charge in [0.05, 0.1) is 28.8 Å². The minimum atomic E-state index is -0.774. The summed E-state index contributed by atoms with van der Waals surface area (Å²) in [7, 11) is 0. The first-order chi connectivity index (χ1) is 16.4. The summed E-state index contributed by atoms with van der Waals surface area (Å²) in [6.07, 6.45) is 2.89. The van der Waals surface area contributed by atoms with Crippen LogP contribution in [-0.2, 0) is 9.53 Å². The summed E-state index contributed by atoms with van der Waals surface area (Å²) < 4.78 is 7.35. The zero-order valence-electron chi connectivity index (χ0n) is 19.9. The first-order valence-corrected chi connectivity index (χ1v) is 11.8. The van der Waals surface area contributed by atoms with Crippen molar-refractivity contribution in [2.75, 3.05) is 5.32 Å². The van der Waals surface area contributed by atoms with Crippen LogP contribution >= 0.6 is 11.6 Å². The highest BCUT2D eigenvalue weighted by Gasteiger charge is 2.27. The number of hydrogen-bond donors (Lipinski definition) is 3. The van der Waals surface area contributed by atoms with Gasteiger partial charge in [0, 0.05) is 28.8 Å². The summed E-state index contributed by atoms with van der Waals surface area (Å²) >= 11 is 6.55. The standard InChI is InChI=1S/C26H29ClN4O4/c1-26(2,3)35-23(32)12-22(28)30-20-10-17-21(11-19(20)27)31(14-8-9-14)13-18(24(17)33)15-6-4-5-7-16(15)25(29)34/h4-7,10-11,13-14,22,30H,8-9,12,28H2,1-3H3,(H2,29,34). The summed E-state index contributed by atoms with van der Waals surface area (Å²) in [5.41, 5.74) is 13.1. The van der Waals surface area contributed by atoms with Gasteiger partial charge in [-0.15, -0.1) is 0 Å². The second-order valence-electron chi connectivity index (χ2n) is 9.81. The Bertz CT molecular complexity index is 1370. The largest absolute Gasteiger partial charge is 0.460 e. The normalized spacial score (nSPS) is 14.5. The number of esters is 1. The fraction of sp³-hybridized carbons (Fsp3) is 0.346. The van der Waals surface area contributed by atoms with Crippen molar-refractivity contribution in [1.82, 2.24) is 4.57 Å². The van der Waals surface area contributed by atoms with E-state index in [1.807, 2.05) is 4.57 Å². The molecule has 8 nitrogen and oxygen atoms in total. The third kappa shape index (κ3) is 5.49. The molecule has 1 atom stereocenters. The molecule has 1 unspecified atom stereocenters. The first-order valence-electron chi connectivity index (χ1n) is 11.5. The molecule has 1 saturated carbocycles. The number of nitrogens with one attached hydrogen (secondary N) is 1. The molecule has 0 bridgehead atoms. The molecule has 0 spiro atoms. The summed E-state index contributed by atoms with van der Waals surface area (Å²) in [5, 5.41) is 3.81. The predicted molar refractivity (Wildman–Crippen MR) is 138 cm³/mol. The van der Waals surface area contributed by atoms with Gasteiger partial charge in [-0.1, -0.05) is 29.8 Å². The van der Waals surface area contributed by atoms with E-state index < -0.39 is 23.6 Å². The number of nitrogens with zero attached hydrogens (tertiary/aromatic N) is 1. The van der Waals surface area contributed by atoms with E-state index in [0.29, 0.717) is 32.7 Å². The summed E-state index contributed by atoms with van der Waals surface area (Å²) in [5.74, 6) is -1.06. The highest BCUT2D eigenvalue weighted by molar-refractivity contribution is 6.34. The van der Waals surface area contributed by atoms with Crippen LogP contribution < -0.4 is 22.2 Å². The Labute approximate surface area is 208 Å². The molecule has 2 aromatic carbocycles. The maximum absolute atomic E-state index is 13.6. The van der Waals surface area contributed by atoms with E-state index in [1.54, 1.807) is 63.4 Å². The van der Waals surface area contributed by atoms with Gasteiger partial charge in [-0.05, 0) is 57.4 Å². The number of anilines is 1. The highest BCUT2D eigenvalue weighted by atomic mass is 35.5. The molecule has 3 aromatic rings. The molecule has 1 aromatic heterocycles. The van der Waals surface area contributed by atoms with E-state index in [9.17, 15) is 14.4 Å². The van der Waals surface area contributed by atoms with Crippen molar-refractivity contribution < 1.29 is 14.3 Å².